The molecule has 5 nitrogen and oxygen atoms in total. The summed E-state index contributed by atoms with van der Waals surface area (Å²) < 4.78 is 98.7. The van der Waals surface area contributed by atoms with Crippen molar-refractivity contribution in [1.82, 2.24) is 0 Å². The van der Waals surface area contributed by atoms with Gasteiger partial charge in [-0.2, -0.15) is 30.7 Å². The molecule has 0 aliphatic carbocycles. The van der Waals surface area contributed by atoms with Crippen LogP contribution in [0.2, 0.25) is 5.02 Å². The van der Waals surface area contributed by atoms with Crippen LogP contribution in [-0.2, 0) is 4.79 Å². The Bertz CT molecular complexity index is 971. The summed E-state index contributed by atoms with van der Waals surface area (Å²) >= 11 is 5.94. The Morgan fingerprint density at radius 3 is 2.29 bits per heavy atom. The van der Waals surface area contributed by atoms with Crippen LogP contribution >= 0.6 is 11.6 Å². The molecule has 1 N–H and O–H groups in total. The normalized spacial score (nSPS) is 12.9. The monoisotopic (exact) mass is 435 g/mol. The lowest BCUT2D eigenvalue weighted by Gasteiger charge is -2.27. The van der Waals surface area contributed by atoms with Crippen LogP contribution in [-0.4, -0.2) is 30.5 Å². The van der Waals surface area contributed by atoms with Gasteiger partial charge in [0.2, 0.25) is 0 Å². The van der Waals surface area contributed by atoms with Gasteiger partial charge < -0.3 is 14.5 Å². The van der Waals surface area contributed by atoms with Crippen molar-refractivity contribution >= 4 is 34.0 Å². The molecule has 0 atom stereocenters. The Morgan fingerprint density at radius 1 is 1.14 bits per heavy atom. The summed E-state index contributed by atoms with van der Waals surface area (Å²) in [6, 6.07) is 2.62. The molecule has 2 rings (SSSR count). The number of nitrogens with one attached hydrogen (secondary N) is 1. The van der Waals surface area contributed by atoms with Crippen molar-refractivity contribution in [3.63, 3.8) is 0 Å². The predicted molar refractivity (Wildman–Crippen MR) is 83.2 cm³/mol. The Balaban J connectivity index is 2.42. The minimum Gasteiger partial charge on any atom is -0.464 e. The molecule has 0 aliphatic heterocycles. The van der Waals surface area contributed by atoms with Crippen molar-refractivity contribution < 1.29 is 44.7 Å². The van der Waals surface area contributed by atoms with Crippen molar-refractivity contribution in [2.75, 3.05) is 11.9 Å². The summed E-state index contributed by atoms with van der Waals surface area (Å²) in [5.74, 6) is -16.0. The van der Waals surface area contributed by atoms with Crippen molar-refractivity contribution in [2.24, 2.45) is 0 Å². The molecule has 154 valence electrons. The number of amides is 1. The third kappa shape index (κ3) is 3.60. The number of carbonyl (C=O) groups is 1. The molecule has 1 aromatic heterocycles. The maximum Gasteiger partial charge on any atom is 0.460 e. The van der Waals surface area contributed by atoms with E-state index in [4.69, 9.17) is 20.8 Å². The van der Waals surface area contributed by atoms with E-state index in [1.54, 1.807) is 6.92 Å². The first-order valence-corrected chi connectivity index (χ1v) is 7.64. The van der Waals surface area contributed by atoms with Gasteiger partial charge in [0, 0.05) is 11.1 Å². The topological polar surface area (TPSA) is 68.5 Å². The van der Waals surface area contributed by atoms with E-state index in [0.717, 1.165) is 18.2 Å². The lowest BCUT2D eigenvalue weighted by Crippen LogP contribution is -2.57. The number of benzene rings is 1. The van der Waals surface area contributed by atoms with E-state index >= 15 is 0 Å². The maximum absolute atomic E-state index is 13.4. The van der Waals surface area contributed by atoms with Gasteiger partial charge in [0.05, 0.1) is 12.0 Å². The van der Waals surface area contributed by atoms with Gasteiger partial charge in [-0.3, -0.25) is 4.79 Å². The van der Waals surface area contributed by atoms with Crippen LogP contribution in [0.3, 0.4) is 0 Å². The van der Waals surface area contributed by atoms with Crippen LogP contribution in [0.15, 0.2) is 27.4 Å². The van der Waals surface area contributed by atoms with E-state index in [2.05, 4.69) is 0 Å². The summed E-state index contributed by atoms with van der Waals surface area (Å²) in [4.78, 5) is 23.3. The SMILES string of the molecule is CCOc1oc(=O)c2cc(NC(=O)C(F)(F)C(F)(F)C(F)(F)F)ccc2c1Cl. The van der Waals surface area contributed by atoms with Crippen LogP contribution < -0.4 is 15.7 Å². The summed E-state index contributed by atoms with van der Waals surface area (Å²) in [5, 5.41) is 0.680. The van der Waals surface area contributed by atoms with E-state index < -0.39 is 35.2 Å². The van der Waals surface area contributed by atoms with E-state index in [1.807, 2.05) is 0 Å². The van der Waals surface area contributed by atoms with Crippen LogP contribution in [0.4, 0.5) is 36.4 Å². The zero-order valence-corrected chi connectivity index (χ0v) is 14.4. The van der Waals surface area contributed by atoms with E-state index in [0.29, 0.717) is 0 Å². The molecular weight excluding hydrogens is 427 g/mol. The smallest absolute Gasteiger partial charge is 0.460 e. The van der Waals surface area contributed by atoms with Gasteiger partial charge in [-0.05, 0) is 19.1 Å². The fourth-order valence-corrected chi connectivity index (χ4v) is 2.29. The van der Waals surface area contributed by atoms with E-state index in [-0.39, 0.29) is 28.3 Å². The Kier molecular flexibility index (Phi) is 5.57. The standard InChI is InChI=1S/C15H9ClF7NO4/c1-2-27-11-9(16)7-4-3-6(5-8(7)10(25)28-11)24-12(26)13(17,18)14(19,20)15(21,22)23/h3-5H,2H2,1H3,(H,24,26). The highest BCUT2D eigenvalue weighted by atomic mass is 35.5. The molecule has 0 saturated carbocycles. The van der Waals surface area contributed by atoms with Crippen molar-refractivity contribution in [3.05, 3.63) is 33.6 Å². The molecule has 0 saturated heterocycles. The minimum atomic E-state index is -6.67. The number of carbonyl (C=O) groups excluding carboxylic acids is 1. The van der Waals surface area contributed by atoms with Gasteiger partial charge in [-0.15, -0.1) is 0 Å². The highest BCUT2D eigenvalue weighted by molar-refractivity contribution is 6.36. The van der Waals surface area contributed by atoms with Crippen molar-refractivity contribution in [2.45, 2.75) is 24.9 Å². The molecule has 1 heterocycles. The van der Waals surface area contributed by atoms with Gasteiger partial charge in [-0.25, -0.2) is 4.79 Å². The lowest BCUT2D eigenvalue weighted by atomic mass is 10.1. The molecule has 0 spiro atoms. The fraction of sp³-hybridized carbons (Fsp3) is 0.333. The predicted octanol–water partition coefficient (Wildman–Crippen LogP) is 4.62. The fourth-order valence-electron chi connectivity index (χ4n) is 2.03. The highest BCUT2D eigenvalue weighted by Crippen LogP contribution is 2.47. The molecule has 0 unspecified atom stereocenters. The Morgan fingerprint density at radius 2 is 1.75 bits per heavy atom. The molecule has 28 heavy (non-hydrogen) atoms. The number of rotatable bonds is 5. The van der Waals surface area contributed by atoms with Gasteiger partial charge in [-0.1, -0.05) is 17.7 Å². The number of hydrogen-bond acceptors (Lipinski definition) is 4. The quantitative estimate of drug-likeness (QED) is 0.696. The molecule has 0 radical (unpaired) electrons. The Labute approximate surface area is 156 Å². The van der Waals surface area contributed by atoms with E-state index in [1.165, 1.54) is 5.32 Å². The molecule has 0 aliphatic rings. The number of ether oxygens (including phenoxy) is 1. The number of anilines is 1. The maximum atomic E-state index is 13.4. The van der Waals surface area contributed by atoms with Crippen LogP contribution in [0, 0.1) is 0 Å². The molecule has 0 fully saturated rings. The molecule has 2 aromatic rings. The second-order valence-corrected chi connectivity index (χ2v) is 5.66. The zero-order valence-electron chi connectivity index (χ0n) is 13.6. The van der Waals surface area contributed by atoms with Gasteiger partial charge in [0.1, 0.15) is 5.02 Å². The average Bonchev–Trinajstić information content (AvgIpc) is 2.58. The van der Waals surface area contributed by atoms with Crippen molar-refractivity contribution in [1.29, 1.82) is 0 Å². The first kappa shape index (κ1) is 21.8. The molecular formula is C15H9ClF7NO4. The van der Waals surface area contributed by atoms with E-state index in [9.17, 15) is 40.3 Å². The summed E-state index contributed by atoms with van der Waals surface area (Å²) in [7, 11) is 0. The van der Waals surface area contributed by atoms with Crippen molar-refractivity contribution in [3.8, 4) is 5.95 Å². The zero-order chi connectivity index (χ0) is 21.5. The molecule has 13 heteroatoms. The number of alkyl halides is 7. The van der Waals surface area contributed by atoms with Gasteiger partial charge in [0.25, 0.3) is 0 Å². The Hall–Kier alpha value is -2.50. The third-order valence-corrected chi connectivity index (χ3v) is 3.77. The van der Waals surface area contributed by atoms with Crippen LogP contribution in [0.25, 0.3) is 10.8 Å². The van der Waals surface area contributed by atoms with Gasteiger partial charge in [0.15, 0.2) is 0 Å². The summed E-state index contributed by atoms with van der Waals surface area (Å²) in [6.45, 7) is 1.65. The second kappa shape index (κ2) is 7.15. The number of halogens is 8. The van der Waals surface area contributed by atoms with Crippen LogP contribution in [0.5, 0.6) is 5.95 Å². The second-order valence-electron chi connectivity index (χ2n) is 5.29. The third-order valence-electron chi connectivity index (χ3n) is 3.41. The first-order chi connectivity index (χ1) is 12.7. The molecule has 1 amide bonds. The summed E-state index contributed by atoms with van der Waals surface area (Å²) in [5.41, 5.74) is -1.74. The molecule has 1 aromatic carbocycles. The van der Waals surface area contributed by atoms with Crippen LogP contribution in [0.1, 0.15) is 6.92 Å². The highest BCUT2D eigenvalue weighted by Gasteiger charge is 2.76. The van der Waals surface area contributed by atoms with Gasteiger partial charge >= 0.3 is 35.5 Å². The first-order valence-electron chi connectivity index (χ1n) is 7.27. The minimum absolute atomic E-state index is 0.00625. The number of fused-ring (bicyclic) bond motifs is 1. The average molecular weight is 436 g/mol. The largest absolute Gasteiger partial charge is 0.464 e. The number of hydrogen-bond donors (Lipinski definition) is 1. The lowest BCUT2D eigenvalue weighted by molar-refractivity contribution is -0.343. The molecule has 0 bridgehead atoms. The summed E-state index contributed by atoms with van der Waals surface area (Å²) in [6.07, 6.45) is -6.67.